The van der Waals surface area contributed by atoms with Gasteiger partial charge in [-0.05, 0) is 47.8 Å². The molecular weight excluding hydrogens is 266 g/mol. The maximum Gasteiger partial charge on any atom is 0.0325 e. The fourth-order valence-electron chi connectivity index (χ4n) is 1.12. The SMILES string of the molecule is CN(CCCS)Cc1cc(Br)cs1. The van der Waals surface area contributed by atoms with Crippen molar-refractivity contribution in [2.75, 3.05) is 19.3 Å². The predicted octanol–water partition coefficient (Wildman–Crippen LogP) is 3.26. The van der Waals surface area contributed by atoms with Gasteiger partial charge in [0, 0.05) is 21.3 Å². The third-order valence-electron chi connectivity index (χ3n) is 1.75. The Bertz CT molecular complexity index is 250. The zero-order valence-corrected chi connectivity index (χ0v) is 11.0. The second-order valence-electron chi connectivity index (χ2n) is 3.05. The number of thiophene rings is 1. The summed E-state index contributed by atoms with van der Waals surface area (Å²) in [5.74, 6) is 0.971. The first kappa shape index (κ1) is 11.6. The van der Waals surface area contributed by atoms with Crippen LogP contribution >= 0.6 is 39.9 Å². The topological polar surface area (TPSA) is 3.24 Å². The number of halogens is 1. The van der Waals surface area contributed by atoms with Crippen LogP contribution in [0.1, 0.15) is 11.3 Å². The van der Waals surface area contributed by atoms with Gasteiger partial charge in [-0.25, -0.2) is 0 Å². The van der Waals surface area contributed by atoms with E-state index in [9.17, 15) is 0 Å². The Labute approximate surface area is 97.7 Å². The van der Waals surface area contributed by atoms with Crippen molar-refractivity contribution in [3.8, 4) is 0 Å². The van der Waals surface area contributed by atoms with Crippen LogP contribution in [0.2, 0.25) is 0 Å². The highest BCUT2D eigenvalue weighted by atomic mass is 79.9. The molecule has 0 bridgehead atoms. The van der Waals surface area contributed by atoms with Crippen LogP contribution in [-0.4, -0.2) is 24.2 Å². The molecule has 0 aromatic carbocycles. The molecule has 4 heteroatoms. The molecule has 13 heavy (non-hydrogen) atoms. The molecule has 74 valence electrons. The summed E-state index contributed by atoms with van der Waals surface area (Å²) in [6, 6.07) is 2.18. The van der Waals surface area contributed by atoms with Crippen LogP contribution in [-0.2, 0) is 6.54 Å². The van der Waals surface area contributed by atoms with Crippen LogP contribution in [0.3, 0.4) is 0 Å². The molecule has 1 nitrogen and oxygen atoms in total. The van der Waals surface area contributed by atoms with Crippen molar-refractivity contribution in [2.45, 2.75) is 13.0 Å². The molecule has 0 aliphatic carbocycles. The van der Waals surface area contributed by atoms with E-state index < -0.39 is 0 Å². The van der Waals surface area contributed by atoms with Crippen molar-refractivity contribution >= 4 is 39.9 Å². The molecule has 1 rings (SSSR count). The van der Waals surface area contributed by atoms with Crippen LogP contribution in [0.25, 0.3) is 0 Å². The Kier molecular flexibility index (Phi) is 5.39. The van der Waals surface area contributed by atoms with E-state index in [0.29, 0.717) is 0 Å². The molecule has 0 aliphatic rings. The van der Waals surface area contributed by atoms with Gasteiger partial charge in [0.2, 0.25) is 0 Å². The molecule has 0 atom stereocenters. The van der Waals surface area contributed by atoms with Gasteiger partial charge in [0.1, 0.15) is 0 Å². The Hall–Kier alpha value is 0.490. The van der Waals surface area contributed by atoms with E-state index >= 15 is 0 Å². The molecule has 0 radical (unpaired) electrons. The third kappa shape index (κ3) is 4.49. The summed E-state index contributed by atoms with van der Waals surface area (Å²) in [6.45, 7) is 2.17. The molecule has 0 spiro atoms. The molecule has 0 aliphatic heterocycles. The molecule has 0 saturated carbocycles. The van der Waals surface area contributed by atoms with Gasteiger partial charge >= 0.3 is 0 Å². The van der Waals surface area contributed by atoms with E-state index in [2.05, 4.69) is 52.0 Å². The van der Waals surface area contributed by atoms with Crippen molar-refractivity contribution in [1.82, 2.24) is 4.90 Å². The summed E-state index contributed by atoms with van der Waals surface area (Å²) in [4.78, 5) is 3.74. The molecule has 1 aromatic rings. The molecule has 0 fully saturated rings. The lowest BCUT2D eigenvalue weighted by molar-refractivity contribution is 0.331. The van der Waals surface area contributed by atoms with Crippen LogP contribution in [0.5, 0.6) is 0 Å². The van der Waals surface area contributed by atoms with Gasteiger partial charge < -0.3 is 4.90 Å². The van der Waals surface area contributed by atoms with Gasteiger partial charge in [-0.1, -0.05) is 0 Å². The minimum absolute atomic E-state index is 0.971. The van der Waals surface area contributed by atoms with Gasteiger partial charge in [-0.3, -0.25) is 0 Å². The highest BCUT2D eigenvalue weighted by Crippen LogP contribution is 2.20. The quantitative estimate of drug-likeness (QED) is 0.810. The number of thiol groups is 1. The summed E-state index contributed by atoms with van der Waals surface area (Å²) >= 11 is 9.45. The van der Waals surface area contributed by atoms with Gasteiger partial charge in [0.15, 0.2) is 0 Å². The van der Waals surface area contributed by atoms with E-state index in [0.717, 1.165) is 25.3 Å². The van der Waals surface area contributed by atoms with Crippen molar-refractivity contribution in [2.24, 2.45) is 0 Å². The van der Waals surface area contributed by atoms with Crippen molar-refractivity contribution in [1.29, 1.82) is 0 Å². The minimum atomic E-state index is 0.971. The summed E-state index contributed by atoms with van der Waals surface area (Å²) in [5.41, 5.74) is 0. The van der Waals surface area contributed by atoms with Crippen LogP contribution in [0, 0.1) is 0 Å². The maximum absolute atomic E-state index is 4.19. The van der Waals surface area contributed by atoms with Crippen molar-refractivity contribution in [3.63, 3.8) is 0 Å². The summed E-state index contributed by atoms with van der Waals surface area (Å²) < 4.78 is 1.19. The zero-order valence-electron chi connectivity index (χ0n) is 7.66. The van der Waals surface area contributed by atoms with Gasteiger partial charge in [0.05, 0.1) is 0 Å². The third-order valence-corrected chi connectivity index (χ3v) is 3.74. The van der Waals surface area contributed by atoms with E-state index in [4.69, 9.17) is 0 Å². The normalized spacial score (nSPS) is 11.1. The molecular formula is C9H14BrNS2. The summed E-state index contributed by atoms with van der Waals surface area (Å²) in [7, 11) is 2.15. The first-order chi connectivity index (χ1) is 6.22. The van der Waals surface area contributed by atoms with Gasteiger partial charge in [-0.15, -0.1) is 11.3 Å². The standard InChI is InChI=1S/C9H14BrNS2/c1-11(3-2-4-12)6-9-5-8(10)7-13-9/h5,7,12H,2-4,6H2,1H3. The summed E-state index contributed by atoms with van der Waals surface area (Å²) in [5, 5.41) is 2.13. The molecule has 1 aromatic heterocycles. The van der Waals surface area contributed by atoms with Gasteiger partial charge in [-0.2, -0.15) is 12.6 Å². The lowest BCUT2D eigenvalue weighted by Crippen LogP contribution is -2.18. The predicted molar refractivity (Wildman–Crippen MR) is 66.8 cm³/mol. The zero-order chi connectivity index (χ0) is 9.68. The average molecular weight is 280 g/mol. The molecule has 1 heterocycles. The van der Waals surface area contributed by atoms with E-state index in [1.165, 1.54) is 9.35 Å². The molecule has 0 N–H and O–H groups in total. The van der Waals surface area contributed by atoms with Crippen molar-refractivity contribution < 1.29 is 0 Å². The second-order valence-corrected chi connectivity index (χ2v) is 5.40. The molecule has 0 saturated heterocycles. The lowest BCUT2D eigenvalue weighted by Gasteiger charge is -2.14. The summed E-state index contributed by atoms with van der Waals surface area (Å²) in [6.07, 6.45) is 1.16. The monoisotopic (exact) mass is 279 g/mol. The van der Waals surface area contributed by atoms with Crippen LogP contribution in [0.15, 0.2) is 15.9 Å². The largest absolute Gasteiger partial charge is 0.301 e. The second kappa shape index (κ2) is 6.06. The molecule has 0 unspecified atom stereocenters. The lowest BCUT2D eigenvalue weighted by atomic mass is 10.4. The number of hydrogen-bond donors (Lipinski definition) is 1. The number of nitrogens with zero attached hydrogens (tertiary/aromatic N) is 1. The number of hydrogen-bond acceptors (Lipinski definition) is 3. The first-order valence-corrected chi connectivity index (χ1v) is 6.55. The Morgan fingerprint density at radius 1 is 1.62 bits per heavy atom. The fourth-order valence-corrected chi connectivity index (χ4v) is 2.79. The van der Waals surface area contributed by atoms with E-state index in [-0.39, 0.29) is 0 Å². The minimum Gasteiger partial charge on any atom is -0.301 e. The Balaban J connectivity index is 2.31. The highest BCUT2D eigenvalue weighted by molar-refractivity contribution is 9.10. The Morgan fingerprint density at radius 2 is 2.38 bits per heavy atom. The van der Waals surface area contributed by atoms with E-state index in [1.807, 2.05) is 0 Å². The smallest absolute Gasteiger partial charge is 0.0325 e. The highest BCUT2D eigenvalue weighted by Gasteiger charge is 2.01. The van der Waals surface area contributed by atoms with E-state index in [1.54, 1.807) is 11.3 Å². The van der Waals surface area contributed by atoms with Crippen LogP contribution < -0.4 is 0 Å². The first-order valence-electron chi connectivity index (χ1n) is 4.24. The number of rotatable bonds is 5. The fraction of sp³-hybridized carbons (Fsp3) is 0.556. The van der Waals surface area contributed by atoms with Crippen LogP contribution in [0.4, 0.5) is 0 Å². The molecule has 0 amide bonds. The van der Waals surface area contributed by atoms with Gasteiger partial charge in [0.25, 0.3) is 0 Å². The maximum atomic E-state index is 4.19. The van der Waals surface area contributed by atoms with Crippen molar-refractivity contribution in [3.05, 3.63) is 20.8 Å². The average Bonchev–Trinajstić information content (AvgIpc) is 2.48. The Morgan fingerprint density at radius 3 is 2.92 bits per heavy atom.